The maximum Gasteiger partial charge on any atom is 0.393 e. The van der Waals surface area contributed by atoms with Crippen LogP contribution in [0.5, 0.6) is 0 Å². The molecule has 0 aromatic heterocycles. The molecule has 0 saturated carbocycles. The van der Waals surface area contributed by atoms with Crippen LogP contribution in [0.15, 0.2) is 18.2 Å². The van der Waals surface area contributed by atoms with Gasteiger partial charge in [0, 0.05) is 5.69 Å². The predicted octanol–water partition coefficient (Wildman–Crippen LogP) is 7.21. The van der Waals surface area contributed by atoms with E-state index >= 15 is 0 Å². The molecule has 0 atom stereocenters. The number of hydrogen-bond donors (Lipinski definition) is 1. The standard InChI is InChI=1S/C18H13F16NO/c1-3-8-6-4-5-7(2)9(8)35-11(36)13(23,24)15(27,28)17(31,32)18(33,34)16(29,30)14(25,26)12(21,22)10(19)20/h4-6,10H,3H2,1-2H3,(H,35,36). The van der Waals surface area contributed by atoms with E-state index in [9.17, 15) is 75.0 Å². The molecular formula is C18H13F16NO. The summed E-state index contributed by atoms with van der Waals surface area (Å²) in [5, 5.41) is 1.01. The van der Waals surface area contributed by atoms with Crippen LogP contribution in [-0.2, 0) is 11.2 Å². The molecule has 0 bridgehead atoms. The lowest BCUT2D eigenvalue weighted by atomic mass is 9.89. The van der Waals surface area contributed by atoms with Gasteiger partial charge in [0.1, 0.15) is 0 Å². The molecule has 0 radical (unpaired) electrons. The van der Waals surface area contributed by atoms with Crippen molar-refractivity contribution in [3.63, 3.8) is 0 Å². The lowest BCUT2D eigenvalue weighted by Crippen LogP contribution is -2.74. The topological polar surface area (TPSA) is 29.1 Å². The van der Waals surface area contributed by atoms with Crippen LogP contribution in [0.25, 0.3) is 0 Å². The molecule has 0 unspecified atom stereocenters. The number of hydrogen-bond acceptors (Lipinski definition) is 1. The van der Waals surface area contributed by atoms with Crippen molar-refractivity contribution in [1.29, 1.82) is 0 Å². The van der Waals surface area contributed by atoms with E-state index in [2.05, 4.69) is 0 Å². The number of rotatable bonds is 10. The van der Waals surface area contributed by atoms with Crippen molar-refractivity contribution in [2.45, 2.75) is 68.2 Å². The van der Waals surface area contributed by atoms with Gasteiger partial charge in [-0.2, -0.15) is 61.5 Å². The Labute approximate surface area is 190 Å². The van der Waals surface area contributed by atoms with Gasteiger partial charge in [-0.15, -0.1) is 0 Å². The summed E-state index contributed by atoms with van der Waals surface area (Å²) in [6.45, 7) is 2.39. The Bertz CT molecular complexity index is 972. The second kappa shape index (κ2) is 9.15. The van der Waals surface area contributed by atoms with Gasteiger partial charge in [0.05, 0.1) is 0 Å². The monoisotopic (exact) mass is 563 g/mol. The summed E-state index contributed by atoms with van der Waals surface area (Å²) in [7, 11) is 0. The van der Waals surface area contributed by atoms with E-state index in [0.29, 0.717) is 0 Å². The van der Waals surface area contributed by atoms with Crippen molar-refractivity contribution in [2.24, 2.45) is 0 Å². The highest BCUT2D eigenvalue weighted by atomic mass is 19.4. The molecule has 18 heteroatoms. The average Bonchev–Trinajstić information content (AvgIpc) is 2.73. The number of halogens is 16. The summed E-state index contributed by atoms with van der Waals surface area (Å²) in [4.78, 5) is 11.7. The number of nitrogens with one attached hydrogen (secondary N) is 1. The molecular weight excluding hydrogens is 550 g/mol. The van der Waals surface area contributed by atoms with Gasteiger partial charge in [0.2, 0.25) is 0 Å². The number of benzene rings is 1. The van der Waals surface area contributed by atoms with Crippen molar-refractivity contribution < 1.29 is 75.0 Å². The average molecular weight is 563 g/mol. The van der Waals surface area contributed by atoms with Crippen LogP contribution in [0.1, 0.15) is 18.1 Å². The zero-order valence-electron chi connectivity index (χ0n) is 17.5. The molecule has 1 N–H and O–H groups in total. The third-order valence-corrected chi connectivity index (χ3v) is 4.93. The van der Waals surface area contributed by atoms with Crippen LogP contribution >= 0.6 is 0 Å². The van der Waals surface area contributed by atoms with Crippen LogP contribution in [0.4, 0.5) is 75.9 Å². The first-order valence-corrected chi connectivity index (χ1v) is 9.13. The van der Waals surface area contributed by atoms with E-state index in [0.717, 1.165) is 24.4 Å². The minimum atomic E-state index is -8.55. The number of aryl methyl sites for hydroxylation is 2. The smallest absolute Gasteiger partial charge is 0.320 e. The number of carbonyl (C=O) groups excluding carboxylic acids is 1. The molecule has 1 amide bonds. The first-order chi connectivity index (χ1) is 15.8. The summed E-state index contributed by atoms with van der Waals surface area (Å²) in [5.41, 5.74) is -0.983. The summed E-state index contributed by atoms with van der Waals surface area (Å²) in [6, 6.07) is 3.43. The predicted molar refractivity (Wildman–Crippen MR) is 89.8 cm³/mol. The Morgan fingerprint density at radius 3 is 1.58 bits per heavy atom. The number of anilines is 1. The van der Waals surface area contributed by atoms with Crippen LogP contribution in [0, 0.1) is 6.92 Å². The van der Waals surface area contributed by atoms with E-state index in [-0.39, 0.29) is 17.5 Å². The van der Waals surface area contributed by atoms with E-state index in [1.807, 2.05) is 0 Å². The van der Waals surface area contributed by atoms with Crippen molar-refractivity contribution in [2.75, 3.05) is 5.32 Å². The first-order valence-electron chi connectivity index (χ1n) is 9.13. The maximum atomic E-state index is 14.0. The van der Waals surface area contributed by atoms with Gasteiger partial charge in [-0.3, -0.25) is 4.79 Å². The fourth-order valence-electron chi connectivity index (χ4n) is 2.67. The van der Waals surface area contributed by atoms with Gasteiger partial charge in [-0.05, 0) is 24.5 Å². The third kappa shape index (κ3) is 4.22. The second-order valence-corrected chi connectivity index (χ2v) is 7.29. The molecule has 36 heavy (non-hydrogen) atoms. The Balaban J connectivity index is 3.61. The van der Waals surface area contributed by atoms with Gasteiger partial charge in [-0.25, -0.2) is 8.78 Å². The van der Waals surface area contributed by atoms with E-state index in [1.54, 1.807) is 0 Å². The van der Waals surface area contributed by atoms with Crippen LogP contribution in [0.2, 0.25) is 0 Å². The van der Waals surface area contributed by atoms with E-state index < -0.39 is 59.5 Å². The van der Waals surface area contributed by atoms with Gasteiger partial charge in [0.15, 0.2) is 0 Å². The lowest BCUT2D eigenvalue weighted by Gasteiger charge is -2.42. The summed E-state index contributed by atoms with van der Waals surface area (Å²) in [6.07, 6.45) is -6.04. The minimum absolute atomic E-state index is 0.0973. The molecule has 1 aromatic rings. The van der Waals surface area contributed by atoms with Gasteiger partial charge in [-0.1, -0.05) is 25.1 Å². The van der Waals surface area contributed by atoms with Gasteiger partial charge < -0.3 is 5.32 Å². The minimum Gasteiger partial charge on any atom is -0.320 e. The molecule has 0 aliphatic carbocycles. The highest BCUT2D eigenvalue weighted by Crippen LogP contribution is 2.62. The molecule has 0 fully saturated rings. The van der Waals surface area contributed by atoms with Crippen molar-refractivity contribution in [3.05, 3.63) is 29.3 Å². The molecule has 208 valence electrons. The first kappa shape index (κ1) is 31.6. The summed E-state index contributed by atoms with van der Waals surface area (Å²) >= 11 is 0. The summed E-state index contributed by atoms with van der Waals surface area (Å²) < 4.78 is 214. The maximum absolute atomic E-state index is 14.0. The fraction of sp³-hybridized carbons (Fsp3) is 0.611. The Hall–Kier alpha value is -2.43. The van der Waals surface area contributed by atoms with Gasteiger partial charge >= 0.3 is 53.8 Å². The number of alkyl halides is 16. The molecule has 1 rings (SSSR count). The Kier molecular flexibility index (Phi) is 8.03. The largest absolute Gasteiger partial charge is 0.393 e. The fourth-order valence-corrected chi connectivity index (χ4v) is 2.67. The van der Waals surface area contributed by atoms with Crippen molar-refractivity contribution in [3.8, 4) is 0 Å². The summed E-state index contributed by atoms with van der Waals surface area (Å²) in [5.74, 6) is -59.7. The third-order valence-electron chi connectivity index (χ3n) is 4.93. The highest BCUT2D eigenvalue weighted by molar-refractivity contribution is 5.98. The normalized spacial score (nSPS) is 14.9. The van der Waals surface area contributed by atoms with Crippen LogP contribution in [-0.4, -0.2) is 53.8 Å². The van der Waals surface area contributed by atoms with E-state index in [4.69, 9.17) is 0 Å². The zero-order valence-corrected chi connectivity index (χ0v) is 17.5. The van der Waals surface area contributed by atoms with Crippen LogP contribution in [0.3, 0.4) is 0 Å². The molecule has 0 aliphatic rings. The molecule has 0 heterocycles. The number of carbonyl (C=O) groups is 1. The van der Waals surface area contributed by atoms with Crippen molar-refractivity contribution in [1.82, 2.24) is 0 Å². The van der Waals surface area contributed by atoms with Crippen LogP contribution < -0.4 is 5.32 Å². The quantitative estimate of drug-likeness (QED) is 0.300. The lowest BCUT2D eigenvalue weighted by molar-refractivity contribution is -0.443. The number of para-hydroxylation sites is 1. The Morgan fingerprint density at radius 1 is 0.750 bits per heavy atom. The highest BCUT2D eigenvalue weighted by Gasteiger charge is 2.94. The number of amides is 1. The SMILES string of the molecule is CCc1cccc(C)c1NC(=O)C(F)(F)C(F)(F)C(F)(F)C(F)(F)C(F)(F)C(F)(F)C(F)(F)C(F)F. The molecule has 0 saturated heterocycles. The molecule has 0 aliphatic heterocycles. The van der Waals surface area contributed by atoms with Crippen molar-refractivity contribution >= 4 is 11.6 Å². The Morgan fingerprint density at radius 2 is 1.17 bits per heavy atom. The second-order valence-electron chi connectivity index (χ2n) is 7.29. The zero-order chi connectivity index (χ0) is 28.9. The molecule has 0 spiro atoms. The molecule has 2 nitrogen and oxygen atoms in total. The van der Waals surface area contributed by atoms with E-state index in [1.165, 1.54) is 13.0 Å². The molecule has 1 aromatic carbocycles. The van der Waals surface area contributed by atoms with Gasteiger partial charge in [0.25, 0.3) is 0 Å².